The van der Waals surface area contributed by atoms with Gasteiger partial charge in [0.1, 0.15) is 12.4 Å². The molecule has 0 saturated carbocycles. The first-order valence-corrected chi connectivity index (χ1v) is 8.34. The summed E-state index contributed by atoms with van der Waals surface area (Å²) in [4.78, 5) is 12.6. The van der Waals surface area contributed by atoms with Crippen molar-refractivity contribution in [3.63, 3.8) is 0 Å². The van der Waals surface area contributed by atoms with E-state index in [2.05, 4.69) is 5.32 Å². The normalized spacial score (nSPS) is 10.3. The summed E-state index contributed by atoms with van der Waals surface area (Å²) in [5.41, 5.74) is 3.29. The standard InChI is InChI=1S/C21H18ClNO2/c1-15-7-10-18(11-8-15)23-21(24)19-13-17(22)9-12-20(19)25-14-16-5-3-2-4-6-16/h2-13H,14H2,1H3,(H,23,24). The van der Waals surface area contributed by atoms with Crippen LogP contribution in [0.4, 0.5) is 5.69 Å². The molecule has 25 heavy (non-hydrogen) atoms. The van der Waals surface area contributed by atoms with Crippen molar-refractivity contribution in [3.05, 3.63) is 94.5 Å². The van der Waals surface area contributed by atoms with Gasteiger partial charge in [0.2, 0.25) is 0 Å². The lowest BCUT2D eigenvalue weighted by atomic mass is 10.1. The maximum Gasteiger partial charge on any atom is 0.259 e. The number of carbonyl (C=O) groups excluding carboxylic acids is 1. The number of hydrogen-bond acceptors (Lipinski definition) is 2. The van der Waals surface area contributed by atoms with E-state index in [9.17, 15) is 4.79 Å². The highest BCUT2D eigenvalue weighted by atomic mass is 35.5. The zero-order valence-corrected chi connectivity index (χ0v) is 14.6. The summed E-state index contributed by atoms with van der Waals surface area (Å²) in [5.74, 6) is 0.243. The third kappa shape index (κ3) is 4.61. The average molecular weight is 352 g/mol. The minimum atomic E-state index is -0.255. The Hall–Kier alpha value is -2.78. The number of hydrogen-bond donors (Lipinski definition) is 1. The Morgan fingerprint density at radius 1 is 1.00 bits per heavy atom. The van der Waals surface area contributed by atoms with Crippen LogP contribution in [-0.2, 0) is 6.61 Å². The Bertz CT molecular complexity index is 861. The van der Waals surface area contributed by atoms with Gasteiger partial charge in [-0.25, -0.2) is 0 Å². The lowest BCUT2D eigenvalue weighted by molar-refractivity contribution is 0.102. The number of aryl methyl sites for hydroxylation is 1. The topological polar surface area (TPSA) is 38.3 Å². The summed E-state index contributed by atoms with van der Waals surface area (Å²) in [6.45, 7) is 2.38. The van der Waals surface area contributed by atoms with E-state index in [1.165, 1.54) is 0 Å². The van der Waals surface area contributed by atoms with Crippen LogP contribution in [0.1, 0.15) is 21.5 Å². The molecule has 0 spiro atoms. The molecule has 0 unspecified atom stereocenters. The molecule has 0 fully saturated rings. The van der Waals surface area contributed by atoms with Gasteiger partial charge in [0, 0.05) is 10.7 Å². The van der Waals surface area contributed by atoms with Gasteiger partial charge in [-0.05, 0) is 42.8 Å². The van der Waals surface area contributed by atoms with Crippen LogP contribution in [0.3, 0.4) is 0 Å². The van der Waals surface area contributed by atoms with Crippen LogP contribution in [0.2, 0.25) is 5.02 Å². The summed E-state index contributed by atoms with van der Waals surface area (Å²) < 4.78 is 5.84. The van der Waals surface area contributed by atoms with Crippen LogP contribution in [0.25, 0.3) is 0 Å². The number of ether oxygens (including phenoxy) is 1. The van der Waals surface area contributed by atoms with E-state index in [0.29, 0.717) is 22.9 Å². The monoisotopic (exact) mass is 351 g/mol. The number of nitrogens with one attached hydrogen (secondary N) is 1. The highest BCUT2D eigenvalue weighted by molar-refractivity contribution is 6.31. The molecule has 1 N–H and O–H groups in total. The quantitative estimate of drug-likeness (QED) is 0.661. The minimum absolute atomic E-state index is 0.255. The fraction of sp³-hybridized carbons (Fsp3) is 0.0952. The summed E-state index contributed by atoms with van der Waals surface area (Å²) in [5, 5.41) is 3.36. The summed E-state index contributed by atoms with van der Waals surface area (Å²) in [7, 11) is 0. The van der Waals surface area contributed by atoms with E-state index in [1.54, 1.807) is 18.2 Å². The first kappa shape index (κ1) is 17.1. The van der Waals surface area contributed by atoms with Gasteiger partial charge in [-0.15, -0.1) is 0 Å². The van der Waals surface area contributed by atoms with Crippen molar-refractivity contribution in [2.24, 2.45) is 0 Å². The van der Waals surface area contributed by atoms with Gasteiger partial charge >= 0.3 is 0 Å². The maximum absolute atomic E-state index is 12.6. The Morgan fingerprint density at radius 3 is 2.44 bits per heavy atom. The molecule has 3 rings (SSSR count). The summed E-state index contributed by atoms with van der Waals surface area (Å²) in [6, 6.07) is 22.5. The maximum atomic E-state index is 12.6. The number of halogens is 1. The minimum Gasteiger partial charge on any atom is -0.488 e. The molecule has 0 heterocycles. The molecule has 3 nitrogen and oxygen atoms in total. The number of rotatable bonds is 5. The second kappa shape index (κ2) is 7.86. The SMILES string of the molecule is Cc1ccc(NC(=O)c2cc(Cl)ccc2OCc2ccccc2)cc1. The molecule has 3 aromatic rings. The van der Waals surface area contributed by atoms with Crippen LogP contribution in [0, 0.1) is 6.92 Å². The van der Waals surface area contributed by atoms with Crippen molar-refractivity contribution < 1.29 is 9.53 Å². The summed E-state index contributed by atoms with van der Waals surface area (Å²) >= 11 is 6.07. The lowest BCUT2D eigenvalue weighted by Crippen LogP contribution is -2.13. The summed E-state index contributed by atoms with van der Waals surface area (Å²) in [6.07, 6.45) is 0. The predicted molar refractivity (Wildman–Crippen MR) is 101 cm³/mol. The zero-order valence-electron chi connectivity index (χ0n) is 13.8. The molecule has 126 valence electrons. The zero-order chi connectivity index (χ0) is 17.6. The molecule has 4 heteroatoms. The van der Waals surface area contributed by atoms with E-state index in [4.69, 9.17) is 16.3 Å². The largest absolute Gasteiger partial charge is 0.488 e. The molecule has 0 bridgehead atoms. The van der Waals surface area contributed by atoms with Crippen molar-refractivity contribution in [3.8, 4) is 5.75 Å². The van der Waals surface area contributed by atoms with Crippen LogP contribution in [0.5, 0.6) is 5.75 Å². The van der Waals surface area contributed by atoms with Gasteiger partial charge in [0.15, 0.2) is 0 Å². The highest BCUT2D eigenvalue weighted by Crippen LogP contribution is 2.25. The van der Waals surface area contributed by atoms with Crippen LogP contribution < -0.4 is 10.1 Å². The fourth-order valence-corrected chi connectivity index (χ4v) is 2.55. The molecular weight excluding hydrogens is 334 g/mol. The first-order chi connectivity index (χ1) is 12.1. The third-order valence-electron chi connectivity index (χ3n) is 3.73. The molecule has 3 aromatic carbocycles. The van der Waals surface area contributed by atoms with Gasteiger partial charge in [-0.3, -0.25) is 4.79 Å². The molecule has 0 atom stereocenters. The van der Waals surface area contributed by atoms with Crippen LogP contribution in [-0.4, -0.2) is 5.91 Å². The van der Waals surface area contributed by atoms with Gasteiger partial charge in [-0.1, -0.05) is 59.6 Å². The Morgan fingerprint density at radius 2 is 1.72 bits per heavy atom. The molecule has 0 aliphatic rings. The number of anilines is 1. The van der Waals surface area contributed by atoms with Gasteiger partial charge in [-0.2, -0.15) is 0 Å². The van der Waals surface area contributed by atoms with Gasteiger partial charge in [0.25, 0.3) is 5.91 Å². The molecule has 0 saturated heterocycles. The molecule has 0 aliphatic heterocycles. The first-order valence-electron chi connectivity index (χ1n) is 7.96. The van der Waals surface area contributed by atoms with E-state index in [1.807, 2.05) is 61.5 Å². The molecule has 1 amide bonds. The van der Waals surface area contributed by atoms with Crippen molar-refractivity contribution in [2.75, 3.05) is 5.32 Å². The number of benzene rings is 3. The van der Waals surface area contributed by atoms with Crippen molar-refractivity contribution in [1.82, 2.24) is 0 Å². The molecule has 0 aliphatic carbocycles. The van der Waals surface area contributed by atoms with Crippen LogP contribution in [0.15, 0.2) is 72.8 Å². The molecular formula is C21H18ClNO2. The van der Waals surface area contributed by atoms with Crippen molar-refractivity contribution in [1.29, 1.82) is 0 Å². The Labute approximate surface area is 152 Å². The lowest BCUT2D eigenvalue weighted by Gasteiger charge is -2.12. The Kier molecular flexibility index (Phi) is 5.36. The number of amides is 1. The second-order valence-electron chi connectivity index (χ2n) is 5.73. The van der Waals surface area contributed by atoms with Gasteiger partial charge < -0.3 is 10.1 Å². The van der Waals surface area contributed by atoms with E-state index < -0.39 is 0 Å². The molecule has 0 radical (unpaired) electrons. The fourth-order valence-electron chi connectivity index (χ4n) is 2.38. The van der Waals surface area contributed by atoms with E-state index in [-0.39, 0.29) is 5.91 Å². The van der Waals surface area contributed by atoms with Crippen LogP contribution >= 0.6 is 11.6 Å². The predicted octanol–water partition coefficient (Wildman–Crippen LogP) is 5.48. The Balaban J connectivity index is 1.78. The van der Waals surface area contributed by atoms with Gasteiger partial charge in [0.05, 0.1) is 5.56 Å². The van der Waals surface area contributed by atoms with E-state index >= 15 is 0 Å². The third-order valence-corrected chi connectivity index (χ3v) is 3.97. The smallest absolute Gasteiger partial charge is 0.259 e. The van der Waals surface area contributed by atoms with E-state index in [0.717, 1.165) is 16.8 Å². The molecule has 0 aromatic heterocycles. The second-order valence-corrected chi connectivity index (χ2v) is 6.17. The highest BCUT2D eigenvalue weighted by Gasteiger charge is 2.14. The number of carbonyl (C=O) groups is 1. The average Bonchev–Trinajstić information content (AvgIpc) is 2.63. The van der Waals surface area contributed by atoms with Crippen molar-refractivity contribution >= 4 is 23.2 Å². The van der Waals surface area contributed by atoms with Crippen molar-refractivity contribution in [2.45, 2.75) is 13.5 Å².